The van der Waals surface area contributed by atoms with Gasteiger partial charge in [0.2, 0.25) is 5.91 Å². The summed E-state index contributed by atoms with van der Waals surface area (Å²) in [6.45, 7) is 0.503. The van der Waals surface area contributed by atoms with Gasteiger partial charge in [-0.2, -0.15) is 0 Å². The summed E-state index contributed by atoms with van der Waals surface area (Å²) in [7, 11) is 1.32. The number of hydrogen-bond donors (Lipinski definition) is 1. The van der Waals surface area contributed by atoms with Crippen molar-refractivity contribution in [2.45, 2.75) is 19.1 Å². The van der Waals surface area contributed by atoms with Crippen LogP contribution in [0.25, 0.3) is 0 Å². The summed E-state index contributed by atoms with van der Waals surface area (Å²) in [6.07, 6.45) is 0. The average molecular weight is 414 g/mol. The summed E-state index contributed by atoms with van der Waals surface area (Å²) in [5, 5.41) is 2.90. The number of carbonyl (C=O) groups is 3. The van der Waals surface area contributed by atoms with Crippen LogP contribution in [0.5, 0.6) is 0 Å². The molecule has 0 spiro atoms. The van der Waals surface area contributed by atoms with E-state index in [0.29, 0.717) is 23.2 Å². The number of fused-ring (bicyclic) bond motifs is 1. The van der Waals surface area contributed by atoms with Crippen LogP contribution in [-0.2, 0) is 22.6 Å². The largest absolute Gasteiger partial charge is 0.465 e. The monoisotopic (exact) mass is 414 g/mol. The molecule has 1 aliphatic heterocycles. The Bertz CT molecular complexity index is 1130. The van der Waals surface area contributed by atoms with E-state index in [-0.39, 0.29) is 18.4 Å². The lowest BCUT2D eigenvalue weighted by atomic mass is 10.0. The summed E-state index contributed by atoms with van der Waals surface area (Å²) in [4.78, 5) is 40.0. The molecule has 0 saturated carbocycles. The highest BCUT2D eigenvalue weighted by Crippen LogP contribution is 2.31. The van der Waals surface area contributed by atoms with Crippen molar-refractivity contribution in [1.29, 1.82) is 0 Å². The molecule has 0 fully saturated rings. The number of amides is 2. The zero-order chi connectivity index (χ0) is 21.8. The second-order valence-corrected chi connectivity index (χ2v) is 7.27. The first-order valence-electron chi connectivity index (χ1n) is 9.98. The van der Waals surface area contributed by atoms with Gasteiger partial charge < -0.3 is 15.0 Å². The molecular weight excluding hydrogens is 392 g/mol. The van der Waals surface area contributed by atoms with Gasteiger partial charge in [0.15, 0.2) is 0 Å². The van der Waals surface area contributed by atoms with Gasteiger partial charge in [-0.25, -0.2) is 4.79 Å². The van der Waals surface area contributed by atoms with Crippen LogP contribution in [-0.4, -0.2) is 29.8 Å². The molecule has 0 aliphatic carbocycles. The lowest BCUT2D eigenvalue weighted by Crippen LogP contribution is -2.40. The number of carbonyl (C=O) groups excluding carboxylic acids is 3. The number of nitrogens with zero attached hydrogens (tertiary/aromatic N) is 1. The van der Waals surface area contributed by atoms with Crippen LogP contribution in [0.1, 0.15) is 43.4 Å². The van der Waals surface area contributed by atoms with Crippen LogP contribution in [0.3, 0.4) is 0 Å². The summed E-state index contributed by atoms with van der Waals surface area (Å²) in [5.41, 5.74) is 3.28. The molecule has 0 unspecified atom stereocenters. The number of hydrogen-bond acceptors (Lipinski definition) is 4. The molecule has 0 radical (unpaired) electrons. The van der Waals surface area contributed by atoms with E-state index in [1.165, 1.54) is 7.11 Å². The Morgan fingerprint density at radius 1 is 0.968 bits per heavy atom. The molecule has 1 heterocycles. The molecule has 0 aromatic heterocycles. The minimum Gasteiger partial charge on any atom is -0.465 e. The summed E-state index contributed by atoms with van der Waals surface area (Å²) < 4.78 is 4.83. The number of esters is 1. The molecule has 1 N–H and O–H groups in total. The molecule has 6 heteroatoms. The Morgan fingerprint density at radius 2 is 1.65 bits per heavy atom. The third kappa shape index (κ3) is 4.05. The maximum atomic E-state index is 13.3. The second-order valence-electron chi connectivity index (χ2n) is 7.27. The van der Waals surface area contributed by atoms with E-state index in [1.54, 1.807) is 35.2 Å². The van der Waals surface area contributed by atoms with Gasteiger partial charge in [0.25, 0.3) is 5.91 Å². The molecule has 0 saturated heterocycles. The molecule has 1 atom stereocenters. The van der Waals surface area contributed by atoms with Gasteiger partial charge in [0, 0.05) is 18.7 Å². The van der Waals surface area contributed by atoms with E-state index in [9.17, 15) is 14.4 Å². The molecule has 3 aromatic rings. The first-order chi connectivity index (χ1) is 15.1. The third-order valence-electron chi connectivity index (χ3n) is 5.40. The molecule has 4 rings (SSSR count). The van der Waals surface area contributed by atoms with Gasteiger partial charge in [0.05, 0.1) is 12.7 Å². The highest BCUT2D eigenvalue weighted by atomic mass is 16.5. The van der Waals surface area contributed by atoms with Crippen LogP contribution >= 0.6 is 0 Å². The van der Waals surface area contributed by atoms with Crippen LogP contribution in [0.2, 0.25) is 0 Å². The molecular formula is C25H22N2O4. The highest BCUT2D eigenvalue weighted by molar-refractivity contribution is 6.01. The van der Waals surface area contributed by atoms with E-state index < -0.39 is 12.0 Å². The van der Waals surface area contributed by atoms with E-state index in [0.717, 1.165) is 11.1 Å². The number of methoxy groups -OCH3 is 1. The summed E-state index contributed by atoms with van der Waals surface area (Å²) in [5.74, 6) is -0.948. The Hall–Kier alpha value is -3.93. The zero-order valence-corrected chi connectivity index (χ0v) is 17.1. The van der Waals surface area contributed by atoms with Crippen LogP contribution in [0.4, 0.5) is 0 Å². The molecule has 2 amide bonds. The minimum atomic E-state index is -0.786. The predicted molar refractivity (Wildman–Crippen MR) is 115 cm³/mol. The first-order valence-corrected chi connectivity index (χ1v) is 9.98. The SMILES string of the molecule is COC(=O)c1ccccc1CNC(=O)[C@@H](c1ccccc1)N1Cc2ccccc2C1=O. The number of ether oxygens (including phenoxy) is 1. The minimum absolute atomic E-state index is 0.141. The second kappa shape index (κ2) is 8.83. The van der Waals surface area contributed by atoms with Crippen molar-refractivity contribution < 1.29 is 19.1 Å². The maximum Gasteiger partial charge on any atom is 0.338 e. The van der Waals surface area contributed by atoms with Gasteiger partial charge in [-0.05, 0) is 28.8 Å². The fourth-order valence-electron chi connectivity index (χ4n) is 3.86. The van der Waals surface area contributed by atoms with Crippen LogP contribution in [0.15, 0.2) is 78.9 Å². The van der Waals surface area contributed by atoms with E-state index >= 15 is 0 Å². The zero-order valence-electron chi connectivity index (χ0n) is 17.1. The molecule has 156 valence electrons. The van der Waals surface area contributed by atoms with Crippen molar-refractivity contribution in [2.24, 2.45) is 0 Å². The van der Waals surface area contributed by atoms with Crippen molar-refractivity contribution in [3.63, 3.8) is 0 Å². The van der Waals surface area contributed by atoms with Gasteiger partial charge in [-0.15, -0.1) is 0 Å². The Kier molecular flexibility index (Phi) is 5.80. The van der Waals surface area contributed by atoms with Gasteiger partial charge in [-0.3, -0.25) is 9.59 Å². The fourth-order valence-corrected chi connectivity index (χ4v) is 3.86. The summed E-state index contributed by atoms with van der Waals surface area (Å²) >= 11 is 0. The van der Waals surface area contributed by atoms with Crippen molar-refractivity contribution in [2.75, 3.05) is 7.11 Å². The molecule has 1 aliphatic rings. The molecule has 3 aromatic carbocycles. The highest BCUT2D eigenvalue weighted by Gasteiger charge is 2.37. The van der Waals surface area contributed by atoms with Crippen LogP contribution in [0, 0.1) is 0 Å². The van der Waals surface area contributed by atoms with Gasteiger partial charge in [-0.1, -0.05) is 66.7 Å². The van der Waals surface area contributed by atoms with Crippen molar-refractivity contribution in [1.82, 2.24) is 10.2 Å². The van der Waals surface area contributed by atoms with Gasteiger partial charge in [0.1, 0.15) is 6.04 Å². The molecule has 0 bridgehead atoms. The lowest BCUT2D eigenvalue weighted by molar-refractivity contribution is -0.126. The number of benzene rings is 3. The van der Waals surface area contributed by atoms with Crippen molar-refractivity contribution in [3.05, 3.63) is 107 Å². The van der Waals surface area contributed by atoms with E-state index in [2.05, 4.69) is 5.32 Å². The fraction of sp³-hybridized carbons (Fsp3) is 0.160. The summed E-state index contributed by atoms with van der Waals surface area (Å²) in [6, 6.07) is 22.8. The number of rotatable bonds is 6. The quantitative estimate of drug-likeness (QED) is 0.627. The first kappa shape index (κ1) is 20.3. The predicted octanol–water partition coefficient (Wildman–Crippen LogP) is 3.49. The van der Waals surface area contributed by atoms with E-state index in [4.69, 9.17) is 4.74 Å². The lowest BCUT2D eigenvalue weighted by Gasteiger charge is -2.27. The average Bonchev–Trinajstić information content (AvgIpc) is 3.14. The molecule has 6 nitrogen and oxygen atoms in total. The topological polar surface area (TPSA) is 75.7 Å². The smallest absolute Gasteiger partial charge is 0.338 e. The third-order valence-corrected chi connectivity index (χ3v) is 5.40. The Balaban J connectivity index is 1.60. The Morgan fingerprint density at radius 3 is 2.39 bits per heavy atom. The maximum absolute atomic E-state index is 13.3. The molecule has 31 heavy (non-hydrogen) atoms. The van der Waals surface area contributed by atoms with Crippen molar-refractivity contribution >= 4 is 17.8 Å². The van der Waals surface area contributed by atoms with Crippen molar-refractivity contribution in [3.8, 4) is 0 Å². The van der Waals surface area contributed by atoms with E-state index in [1.807, 2.05) is 48.5 Å². The normalized spacial score (nSPS) is 13.5. The Labute approximate surface area is 180 Å². The standard InChI is InChI=1S/C25H22N2O4/c1-31-25(30)21-14-8-5-11-18(21)15-26-23(28)22(17-9-3-2-4-10-17)27-16-19-12-6-7-13-20(19)24(27)29/h2-14,22H,15-16H2,1H3,(H,26,28)/t22-/m1/s1. The van der Waals surface area contributed by atoms with Gasteiger partial charge >= 0.3 is 5.97 Å². The van der Waals surface area contributed by atoms with Crippen LogP contribution < -0.4 is 5.32 Å². The number of nitrogens with one attached hydrogen (secondary N) is 1.